The Hall–Kier alpha value is -0.580. The number of rotatable bonds is 4. The number of fused-ring (bicyclic) bond motifs is 2. The smallest absolute Gasteiger partial charge is 0.119 e. The summed E-state index contributed by atoms with van der Waals surface area (Å²) in [5.74, 6) is 0.902. The molecule has 1 aromatic rings. The quantitative estimate of drug-likeness (QED) is 0.927. The third-order valence-corrected chi connectivity index (χ3v) is 4.69. The molecule has 0 aliphatic carbocycles. The first-order valence-electron chi connectivity index (χ1n) is 6.47. The summed E-state index contributed by atoms with van der Waals surface area (Å²) in [6.45, 7) is 0.856. The Balaban J connectivity index is 1.62. The average Bonchev–Trinajstić information content (AvgIpc) is 3.00. The summed E-state index contributed by atoms with van der Waals surface area (Å²) >= 11 is 3.58. The van der Waals surface area contributed by atoms with Gasteiger partial charge in [-0.25, -0.2) is 0 Å². The molecule has 0 radical (unpaired) electrons. The van der Waals surface area contributed by atoms with Gasteiger partial charge in [-0.2, -0.15) is 0 Å². The van der Waals surface area contributed by atoms with Crippen LogP contribution in [0.4, 0.5) is 0 Å². The van der Waals surface area contributed by atoms with Gasteiger partial charge in [0, 0.05) is 17.1 Å². The van der Waals surface area contributed by atoms with Gasteiger partial charge in [-0.1, -0.05) is 15.9 Å². The van der Waals surface area contributed by atoms with Crippen LogP contribution in [0.25, 0.3) is 0 Å². The molecule has 3 rings (SSSR count). The van der Waals surface area contributed by atoms with Crippen LogP contribution < -0.4 is 10.1 Å². The van der Waals surface area contributed by atoms with Crippen LogP contribution in [0.15, 0.2) is 22.7 Å². The topological polar surface area (TPSA) is 30.5 Å². The predicted octanol–water partition coefficient (Wildman–Crippen LogP) is 2.87. The molecule has 2 heterocycles. The van der Waals surface area contributed by atoms with Crippen LogP contribution in [-0.2, 0) is 11.3 Å². The second-order valence-corrected chi connectivity index (χ2v) is 5.91. The van der Waals surface area contributed by atoms with Crippen LogP contribution in [0.5, 0.6) is 5.75 Å². The van der Waals surface area contributed by atoms with Crippen LogP contribution in [-0.4, -0.2) is 25.4 Å². The molecule has 0 aromatic heterocycles. The Morgan fingerprint density at radius 1 is 1.44 bits per heavy atom. The lowest BCUT2D eigenvalue weighted by atomic mass is 9.95. The SMILES string of the molecule is COc1ccc(Br)c(CNC2CC3CCC2O3)c1. The summed E-state index contributed by atoms with van der Waals surface area (Å²) in [6.07, 6.45) is 4.54. The van der Waals surface area contributed by atoms with Crippen molar-refractivity contribution < 1.29 is 9.47 Å². The minimum absolute atomic E-state index is 0.430. The number of hydrogen-bond acceptors (Lipinski definition) is 3. The van der Waals surface area contributed by atoms with Crippen molar-refractivity contribution in [1.82, 2.24) is 5.32 Å². The molecule has 1 aromatic carbocycles. The normalized spacial score (nSPS) is 29.8. The first-order chi connectivity index (χ1) is 8.76. The molecule has 4 heteroatoms. The Morgan fingerprint density at radius 2 is 2.33 bits per heavy atom. The van der Waals surface area contributed by atoms with Gasteiger partial charge in [-0.05, 0) is 43.0 Å². The van der Waals surface area contributed by atoms with Crippen molar-refractivity contribution >= 4 is 15.9 Å². The lowest BCUT2D eigenvalue weighted by Crippen LogP contribution is -2.37. The third-order valence-electron chi connectivity index (χ3n) is 3.91. The highest BCUT2D eigenvalue weighted by atomic mass is 79.9. The third kappa shape index (κ3) is 2.42. The van der Waals surface area contributed by atoms with Crippen molar-refractivity contribution in [3.8, 4) is 5.75 Å². The number of ether oxygens (including phenoxy) is 2. The molecule has 2 saturated heterocycles. The second-order valence-electron chi connectivity index (χ2n) is 5.05. The van der Waals surface area contributed by atoms with Gasteiger partial charge >= 0.3 is 0 Å². The number of methoxy groups -OCH3 is 1. The molecule has 3 nitrogen and oxygen atoms in total. The van der Waals surface area contributed by atoms with E-state index in [1.165, 1.54) is 18.4 Å². The monoisotopic (exact) mass is 311 g/mol. The van der Waals surface area contributed by atoms with Crippen molar-refractivity contribution in [1.29, 1.82) is 0 Å². The van der Waals surface area contributed by atoms with Gasteiger partial charge in [0.05, 0.1) is 19.3 Å². The molecule has 0 amide bonds. The molecule has 2 aliphatic rings. The van der Waals surface area contributed by atoms with Gasteiger partial charge in [0.15, 0.2) is 0 Å². The van der Waals surface area contributed by atoms with E-state index in [1.54, 1.807) is 7.11 Å². The molecule has 2 bridgehead atoms. The summed E-state index contributed by atoms with van der Waals surface area (Å²) in [5.41, 5.74) is 1.23. The zero-order chi connectivity index (χ0) is 12.5. The Morgan fingerprint density at radius 3 is 3.00 bits per heavy atom. The summed E-state index contributed by atoms with van der Waals surface area (Å²) in [4.78, 5) is 0. The molecule has 2 aliphatic heterocycles. The Kier molecular flexibility index (Phi) is 3.59. The fourth-order valence-electron chi connectivity index (χ4n) is 2.91. The standard InChI is InChI=1S/C14H18BrNO2/c1-17-10-2-4-12(15)9(6-10)8-16-13-7-11-3-5-14(13)18-11/h2,4,6,11,13-14,16H,3,5,7-8H2,1H3. The van der Waals surface area contributed by atoms with Crippen molar-refractivity contribution in [3.05, 3.63) is 28.2 Å². The van der Waals surface area contributed by atoms with Gasteiger partial charge in [0.25, 0.3) is 0 Å². The van der Waals surface area contributed by atoms with E-state index < -0.39 is 0 Å². The molecular weight excluding hydrogens is 294 g/mol. The Bertz CT molecular complexity index is 438. The van der Waals surface area contributed by atoms with E-state index in [1.807, 2.05) is 12.1 Å². The lowest BCUT2D eigenvalue weighted by molar-refractivity contribution is 0.0973. The fraction of sp³-hybridized carbons (Fsp3) is 0.571. The number of benzene rings is 1. The van der Waals surface area contributed by atoms with Crippen molar-refractivity contribution in [2.75, 3.05) is 7.11 Å². The highest BCUT2D eigenvalue weighted by Gasteiger charge is 2.40. The van der Waals surface area contributed by atoms with Gasteiger partial charge in [-0.15, -0.1) is 0 Å². The zero-order valence-electron chi connectivity index (χ0n) is 10.5. The van der Waals surface area contributed by atoms with E-state index in [0.29, 0.717) is 18.2 Å². The van der Waals surface area contributed by atoms with Gasteiger partial charge in [0.1, 0.15) is 5.75 Å². The summed E-state index contributed by atoms with van der Waals surface area (Å²) in [7, 11) is 1.70. The summed E-state index contributed by atoms with van der Waals surface area (Å²) in [6, 6.07) is 6.59. The summed E-state index contributed by atoms with van der Waals surface area (Å²) in [5, 5.41) is 3.61. The predicted molar refractivity (Wildman–Crippen MR) is 73.8 cm³/mol. The van der Waals surface area contributed by atoms with Crippen LogP contribution >= 0.6 is 15.9 Å². The van der Waals surface area contributed by atoms with Gasteiger partial charge in [-0.3, -0.25) is 0 Å². The van der Waals surface area contributed by atoms with E-state index in [0.717, 1.165) is 23.2 Å². The van der Waals surface area contributed by atoms with Crippen LogP contribution in [0.1, 0.15) is 24.8 Å². The van der Waals surface area contributed by atoms with E-state index >= 15 is 0 Å². The molecule has 0 spiro atoms. The van der Waals surface area contributed by atoms with Crippen molar-refractivity contribution in [2.24, 2.45) is 0 Å². The first-order valence-corrected chi connectivity index (χ1v) is 7.27. The van der Waals surface area contributed by atoms with Crippen LogP contribution in [0, 0.1) is 0 Å². The van der Waals surface area contributed by atoms with E-state index in [9.17, 15) is 0 Å². The van der Waals surface area contributed by atoms with Crippen molar-refractivity contribution in [2.45, 2.75) is 44.1 Å². The highest BCUT2D eigenvalue weighted by molar-refractivity contribution is 9.10. The van der Waals surface area contributed by atoms with E-state index in [4.69, 9.17) is 9.47 Å². The molecule has 98 valence electrons. The molecule has 2 fully saturated rings. The van der Waals surface area contributed by atoms with Gasteiger partial charge in [0.2, 0.25) is 0 Å². The minimum Gasteiger partial charge on any atom is -0.497 e. The van der Waals surface area contributed by atoms with E-state index in [2.05, 4.69) is 27.3 Å². The van der Waals surface area contributed by atoms with E-state index in [-0.39, 0.29) is 0 Å². The molecule has 3 unspecified atom stereocenters. The van der Waals surface area contributed by atoms with Crippen LogP contribution in [0.2, 0.25) is 0 Å². The fourth-order valence-corrected chi connectivity index (χ4v) is 3.29. The Labute approximate surface area is 116 Å². The second kappa shape index (κ2) is 5.19. The maximum Gasteiger partial charge on any atom is 0.119 e. The number of hydrogen-bond donors (Lipinski definition) is 1. The average molecular weight is 312 g/mol. The summed E-state index contributed by atoms with van der Waals surface area (Å²) < 4.78 is 12.2. The van der Waals surface area contributed by atoms with Gasteiger partial charge < -0.3 is 14.8 Å². The molecule has 1 N–H and O–H groups in total. The first kappa shape index (κ1) is 12.5. The molecular formula is C14H18BrNO2. The molecule has 18 heavy (non-hydrogen) atoms. The maximum absolute atomic E-state index is 5.85. The molecule has 3 atom stereocenters. The largest absolute Gasteiger partial charge is 0.497 e. The number of halogens is 1. The number of nitrogens with one attached hydrogen (secondary N) is 1. The maximum atomic E-state index is 5.85. The van der Waals surface area contributed by atoms with Crippen molar-refractivity contribution in [3.63, 3.8) is 0 Å². The zero-order valence-corrected chi connectivity index (χ0v) is 12.1. The highest BCUT2D eigenvalue weighted by Crippen LogP contribution is 2.34. The minimum atomic E-state index is 0.430. The lowest BCUT2D eigenvalue weighted by Gasteiger charge is -2.20. The molecule has 0 saturated carbocycles. The van der Waals surface area contributed by atoms with Crippen LogP contribution in [0.3, 0.4) is 0 Å².